The highest BCUT2D eigenvalue weighted by Crippen LogP contribution is 2.20. The number of aliphatic carboxylic acids is 1. The molecule has 2 aromatic carbocycles. The van der Waals surface area contributed by atoms with E-state index < -0.39 is 11.9 Å². The Morgan fingerprint density at radius 1 is 1.04 bits per heavy atom. The zero-order valence-corrected chi connectivity index (χ0v) is 14.0. The van der Waals surface area contributed by atoms with Crippen LogP contribution in [0.2, 0.25) is 5.02 Å². The summed E-state index contributed by atoms with van der Waals surface area (Å²) in [6, 6.07) is 16.4. The van der Waals surface area contributed by atoms with Gasteiger partial charge in [0.15, 0.2) is 5.78 Å². The standard InChI is InChI=1S/C18H17ClO3S/c19-16-8-6-14(7-9-16)17(20)10-15(18(21)22)12-23-11-13-4-2-1-3-5-13/h1-9,15H,10-12H2,(H,21,22). The van der Waals surface area contributed by atoms with Gasteiger partial charge in [0.25, 0.3) is 0 Å². The van der Waals surface area contributed by atoms with E-state index in [1.165, 1.54) is 11.8 Å². The molecule has 0 saturated carbocycles. The van der Waals surface area contributed by atoms with Crippen LogP contribution in [0.15, 0.2) is 54.6 Å². The van der Waals surface area contributed by atoms with Crippen LogP contribution in [0.1, 0.15) is 22.3 Å². The molecule has 2 rings (SSSR count). The number of ketones is 1. The highest BCUT2D eigenvalue weighted by molar-refractivity contribution is 7.98. The van der Waals surface area contributed by atoms with Crippen LogP contribution in [0.25, 0.3) is 0 Å². The molecule has 23 heavy (non-hydrogen) atoms. The average Bonchev–Trinajstić information content (AvgIpc) is 2.55. The van der Waals surface area contributed by atoms with E-state index in [-0.39, 0.29) is 12.2 Å². The summed E-state index contributed by atoms with van der Waals surface area (Å²) < 4.78 is 0. The monoisotopic (exact) mass is 348 g/mol. The molecular formula is C18H17ClO3S. The van der Waals surface area contributed by atoms with Crippen molar-refractivity contribution < 1.29 is 14.7 Å². The maximum Gasteiger partial charge on any atom is 0.307 e. The first-order valence-electron chi connectivity index (χ1n) is 7.19. The van der Waals surface area contributed by atoms with E-state index in [2.05, 4.69) is 0 Å². The van der Waals surface area contributed by atoms with Crippen molar-refractivity contribution in [1.82, 2.24) is 0 Å². The van der Waals surface area contributed by atoms with Crippen LogP contribution < -0.4 is 0 Å². The first kappa shape index (κ1) is 17.6. The molecule has 3 nitrogen and oxygen atoms in total. The normalized spacial score (nSPS) is 11.9. The summed E-state index contributed by atoms with van der Waals surface area (Å²) in [5, 5.41) is 9.87. The van der Waals surface area contributed by atoms with Crippen molar-refractivity contribution in [2.75, 3.05) is 5.75 Å². The van der Waals surface area contributed by atoms with Crippen LogP contribution in [0, 0.1) is 5.92 Å². The molecule has 0 radical (unpaired) electrons. The number of carbonyl (C=O) groups is 2. The molecule has 0 aliphatic heterocycles. The Labute approximate surface area is 144 Å². The number of carboxylic acids is 1. The second kappa shape index (κ2) is 8.75. The van der Waals surface area contributed by atoms with E-state index in [4.69, 9.17) is 11.6 Å². The zero-order chi connectivity index (χ0) is 16.7. The molecule has 0 saturated heterocycles. The fourth-order valence-electron chi connectivity index (χ4n) is 2.09. The molecule has 1 atom stereocenters. The maximum absolute atomic E-state index is 12.2. The molecule has 1 unspecified atom stereocenters. The van der Waals surface area contributed by atoms with E-state index in [9.17, 15) is 14.7 Å². The lowest BCUT2D eigenvalue weighted by Crippen LogP contribution is -2.20. The van der Waals surface area contributed by atoms with Gasteiger partial charge in [0.05, 0.1) is 5.92 Å². The lowest BCUT2D eigenvalue weighted by molar-refractivity contribution is -0.140. The van der Waals surface area contributed by atoms with Gasteiger partial charge in [0.2, 0.25) is 0 Å². The fourth-order valence-corrected chi connectivity index (χ4v) is 3.31. The van der Waals surface area contributed by atoms with Gasteiger partial charge >= 0.3 is 5.97 Å². The molecule has 0 aromatic heterocycles. The lowest BCUT2D eigenvalue weighted by atomic mass is 10.00. The fraction of sp³-hybridized carbons (Fsp3) is 0.222. The number of thioether (sulfide) groups is 1. The molecule has 0 spiro atoms. The van der Waals surface area contributed by atoms with Crippen LogP contribution in [0.5, 0.6) is 0 Å². The van der Waals surface area contributed by atoms with E-state index >= 15 is 0 Å². The molecule has 0 bridgehead atoms. The van der Waals surface area contributed by atoms with Crippen molar-refractivity contribution in [1.29, 1.82) is 0 Å². The highest BCUT2D eigenvalue weighted by atomic mass is 35.5. The number of rotatable bonds is 8. The van der Waals surface area contributed by atoms with Gasteiger partial charge in [-0.15, -0.1) is 0 Å². The van der Waals surface area contributed by atoms with Crippen molar-refractivity contribution in [2.45, 2.75) is 12.2 Å². The minimum atomic E-state index is -0.937. The molecule has 0 amide bonds. The quantitative estimate of drug-likeness (QED) is 0.711. The van der Waals surface area contributed by atoms with Crippen LogP contribution >= 0.6 is 23.4 Å². The third-order valence-corrected chi connectivity index (χ3v) is 4.81. The Morgan fingerprint density at radius 2 is 1.70 bits per heavy atom. The summed E-state index contributed by atoms with van der Waals surface area (Å²) in [6.07, 6.45) is -0.00123. The van der Waals surface area contributed by atoms with Crippen LogP contribution in [0.4, 0.5) is 0 Å². The molecule has 0 aliphatic rings. The summed E-state index contributed by atoms with van der Waals surface area (Å²) >= 11 is 7.32. The van der Waals surface area contributed by atoms with Gasteiger partial charge < -0.3 is 5.11 Å². The minimum Gasteiger partial charge on any atom is -0.481 e. The van der Waals surface area contributed by atoms with E-state index in [0.717, 1.165) is 11.3 Å². The Kier molecular flexibility index (Phi) is 6.68. The van der Waals surface area contributed by atoms with Gasteiger partial charge in [-0.05, 0) is 29.8 Å². The summed E-state index contributed by atoms with van der Waals surface area (Å²) in [6.45, 7) is 0. The molecule has 2 aromatic rings. The summed E-state index contributed by atoms with van der Waals surface area (Å²) in [4.78, 5) is 23.6. The summed E-state index contributed by atoms with van der Waals surface area (Å²) in [7, 11) is 0. The predicted octanol–water partition coefficient (Wildman–Crippen LogP) is 4.55. The zero-order valence-electron chi connectivity index (χ0n) is 12.4. The van der Waals surface area contributed by atoms with Crippen molar-refractivity contribution in [3.05, 3.63) is 70.7 Å². The second-order valence-corrected chi connectivity index (χ2v) is 6.64. The van der Waals surface area contributed by atoms with Crippen LogP contribution in [-0.2, 0) is 10.5 Å². The van der Waals surface area contributed by atoms with E-state index in [0.29, 0.717) is 16.3 Å². The van der Waals surface area contributed by atoms with Crippen molar-refractivity contribution in [3.8, 4) is 0 Å². The third-order valence-electron chi connectivity index (χ3n) is 3.38. The topological polar surface area (TPSA) is 54.4 Å². The number of carboxylic acid groups (broad SMARTS) is 1. The SMILES string of the molecule is O=C(CC(CSCc1ccccc1)C(=O)O)c1ccc(Cl)cc1. The Morgan fingerprint density at radius 3 is 2.30 bits per heavy atom. The molecule has 0 aliphatic carbocycles. The van der Waals surface area contributed by atoms with Crippen molar-refractivity contribution in [3.63, 3.8) is 0 Å². The average molecular weight is 349 g/mol. The largest absolute Gasteiger partial charge is 0.481 e. The number of halogens is 1. The number of hydrogen-bond acceptors (Lipinski definition) is 3. The van der Waals surface area contributed by atoms with Gasteiger partial charge in [0.1, 0.15) is 0 Å². The predicted molar refractivity (Wildman–Crippen MR) is 94.1 cm³/mol. The molecule has 0 fully saturated rings. The molecule has 120 valence electrons. The van der Waals surface area contributed by atoms with Gasteiger partial charge in [-0.25, -0.2) is 0 Å². The molecule has 5 heteroatoms. The van der Waals surface area contributed by atoms with Gasteiger partial charge in [-0.1, -0.05) is 41.9 Å². The molecule has 0 heterocycles. The van der Waals surface area contributed by atoms with E-state index in [1.807, 2.05) is 30.3 Å². The lowest BCUT2D eigenvalue weighted by Gasteiger charge is -2.11. The van der Waals surface area contributed by atoms with Gasteiger partial charge in [0, 0.05) is 28.5 Å². The number of Topliss-reactive ketones (excluding diaryl/α,β-unsaturated/α-hetero) is 1. The van der Waals surface area contributed by atoms with E-state index in [1.54, 1.807) is 24.3 Å². The first-order valence-corrected chi connectivity index (χ1v) is 8.73. The second-order valence-electron chi connectivity index (χ2n) is 5.17. The number of hydrogen-bond donors (Lipinski definition) is 1. The first-order chi connectivity index (χ1) is 11.1. The molecular weight excluding hydrogens is 332 g/mol. The Bertz CT molecular complexity index is 656. The third kappa shape index (κ3) is 5.73. The summed E-state index contributed by atoms with van der Waals surface area (Å²) in [5.74, 6) is -0.655. The smallest absolute Gasteiger partial charge is 0.307 e. The number of benzene rings is 2. The van der Waals surface area contributed by atoms with Gasteiger partial charge in [-0.3, -0.25) is 9.59 Å². The van der Waals surface area contributed by atoms with Crippen molar-refractivity contribution in [2.24, 2.45) is 5.92 Å². The van der Waals surface area contributed by atoms with Gasteiger partial charge in [-0.2, -0.15) is 11.8 Å². The number of carbonyl (C=O) groups excluding carboxylic acids is 1. The minimum absolute atomic E-state index is 0.00123. The Hall–Kier alpha value is -1.78. The van der Waals surface area contributed by atoms with Crippen molar-refractivity contribution >= 4 is 35.1 Å². The Balaban J connectivity index is 1.89. The molecule has 1 N–H and O–H groups in total. The highest BCUT2D eigenvalue weighted by Gasteiger charge is 2.22. The maximum atomic E-state index is 12.2. The van der Waals surface area contributed by atoms with Crippen LogP contribution in [0.3, 0.4) is 0 Å². The summed E-state index contributed by atoms with van der Waals surface area (Å²) in [5.41, 5.74) is 1.64. The van der Waals surface area contributed by atoms with Crippen LogP contribution in [-0.4, -0.2) is 22.6 Å².